The van der Waals surface area contributed by atoms with Crippen LogP contribution >= 0.6 is 0 Å². The lowest BCUT2D eigenvalue weighted by Crippen LogP contribution is -2.06. The van der Waals surface area contributed by atoms with Crippen molar-refractivity contribution < 1.29 is 4.39 Å². The van der Waals surface area contributed by atoms with Crippen molar-refractivity contribution in [1.82, 2.24) is 0 Å². The molecular weight excluding hydrogens is 165 g/mol. The first kappa shape index (κ1) is 10.2. The number of hydrogen-bond donors (Lipinski definition) is 1. The zero-order chi connectivity index (χ0) is 9.68. The molecule has 1 rings (SSSR count). The predicted octanol–water partition coefficient (Wildman–Crippen LogP) is 2.31. The first-order valence-corrected chi connectivity index (χ1v) is 4.48. The van der Waals surface area contributed by atoms with Gasteiger partial charge in [-0.1, -0.05) is 19.1 Å². The third-order valence-corrected chi connectivity index (χ3v) is 1.99. The minimum absolute atomic E-state index is 0.180. The van der Waals surface area contributed by atoms with Crippen molar-refractivity contribution in [3.8, 4) is 0 Å². The SMILES string of the molecule is C[C](CCN)Cc1ccc(F)cc1. The van der Waals surface area contributed by atoms with Gasteiger partial charge in [-0.3, -0.25) is 0 Å². The Morgan fingerprint density at radius 1 is 1.31 bits per heavy atom. The van der Waals surface area contributed by atoms with Crippen molar-refractivity contribution in [3.63, 3.8) is 0 Å². The van der Waals surface area contributed by atoms with Gasteiger partial charge in [-0.05, 0) is 43.0 Å². The third-order valence-electron chi connectivity index (χ3n) is 1.99. The molecule has 2 heteroatoms. The third kappa shape index (κ3) is 3.55. The van der Waals surface area contributed by atoms with Crippen molar-refractivity contribution in [2.24, 2.45) is 5.73 Å². The molecule has 0 bridgehead atoms. The van der Waals surface area contributed by atoms with E-state index < -0.39 is 0 Å². The fraction of sp³-hybridized carbons (Fsp3) is 0.364. The highest BCUT2D eigenvalue weighted by atomic mass is 19.1. The monoisotopic (exact) mass is 180 g/mol. The Bertz CT molecular complexity index is 243. The van der Waals surface area contributed by atoms with Gasteiger partial charge in [0.15, 0.2) is 0 Å². The molecule has 0 aliphatic heterocycles. The topological polar surface area (TPSA) is 26.0 Å². The molecule has 0 spiro atoms. The fourth-order valence-electron chi connectivity index (χ4n) is 1.29. The van der Waals surface area contributed by atoms with E-state index in [0.717, 1.165) is 18.4 Å². The van der Waals surface area contributed by atoms with Gasteiger partial charge < -0.3 is 5.73 Å². The Labute approximate surface area is 78.8 Å². The molecule has 0 saturated carbocycles. The summed E-state index contributed by atoms with van der Waals surface area (Å²) in [7, 11) is 0. The Hall–Kier alpha value is -0.890. The lowest BCUT2D eigenvalue weighted by Gasteiger charge is -2.08. The van der Waals surface area contributed by atoms with E-state index in [9.17, 15) is 4.39 Å². The molecule has 0 saturated heterocycles. The number of benzene rings is 1. The normalized spacial score (nSPS) is 10.8. The standard InChI is InChI=1S/C11H15FN/c1-9(6-7-13)8-10-2-4-11(12)5-3-10/h2-5H,6-8,13H2,1H3. The lowest BCUT2D eigenvalue weighted by atomic mass is 9.98. The highest BCUT2D eigenvalue weighted by Gasteiger charge is 2.02. The van der Waals surface area contributed by atoms with Crippen LogP contribution in [0.1, 0.15) is 18.9 Å². The maximum absolute atomic E-state index is 12.5. The van der Waals surface area contributed by atoms with E-state index in [4.69, 9.17) is 5.73 Å². The molecule has 0 fully saturated rings. The van der Waals surface area contributed by atoms with Crippen molar-refractivity contribution >= 4 is 0 Å². The van der Waals surface area contributed by atoms with Crippen molar-refractivity contribution in [1.29, 1.82) is 0 Å². The van der Waals surface area contributed by atoms with Crippen LogP contribution in [0.15, 0.2) is 24.3 Å². The Morgan fingerprint density at radius 3 is 2.46 bits per heavy atom. The molecule has 0 aliphatic rings. The number of nitrogens with two attached hydrogens (primary N) is 1. The molecule has 0 heterocycles. The highest BCUT2D eigenvalue weighted by Crippen LogP contribution is 2.13. The highest BCUT2D eigenvalue weighted by molar-refractivity contribution is 5.19. The fourth-order valence-corrected chi connectivity index (χ4v) is 1.29. The van der Waals surface area contributed by atoms with Gasteiger partial charge in [-0.15, -0.1) is 0 Å². The second-order valence-corrected chi connectivity index (χ2v) is 3.30. The Morgan fingerprint density at radius 2 is 1.92 bits per heavy atom. The largest absolute Gasteiger partial charge is 0.330 e. The number of hydrogen-bond acceptors (Lipinski definition) is 1. The number of rotatable bonds is 4. The maximum Gasteiger partial charge on any atom is 0.123 e. The van der Waals surface area contributed by atoms with Crippen molar-refractivity contribution in [2.45, 2.75) is 19.8 Å². The smallest absolute Gasteiger partial charge is 0.123 e. The predicted molar refractivity (Wildman–Crippen MR) is 52.7 cm³/mol. The summed E-state index contributed by atoms with van der Waals surface area (Å²) in [5.41, 5.74) is 6.57. The molecule has 2 N–H and O–H groups in total. The zero-order valence-corrected chi connectivity index (χ0v) is 7.89. The van der Waals surface area contributed by atoms with Crippen LogP contribution in [-0.2, 0) is 6.42 Å². The molecule has 0 unspecified atom stereocenters. The average Bonchev–Trinajstić information content (AvgIpc) is 2.09. The van der Waals surface area contributed by atoms with E-state index in [2.05, 4.69) is 6.92 Å². The first-order valence-electron chi connectivity index (χ1n) is 4.48. The van der Waals surface area contributed by atoms with E-state index in [1.165, 1.54) is 18.1 Å². The van der Waals surface area contributed by atoms with E-state index in [1.807, 2.05) is 12.1 Å². The zero-order valence-electron chi connectivity index (χ0n) is 7.89. The summed E-state index contributed by atoms with van der Waals surface area (Å²) >= 11 is 0. The van der Waals surface area contributed by atoms with Gasteiger partial charge in [0.25, 0.3) is 0 Å². The molecule has 0 atom stereocenters. The van der Waals surface area contributed by atoms with Crippen LogP contribution < -0.4 is 5.73 Å². The van der Waals surface area contributed by atoms with Gasteiger partial charge in [0, 0.05) is 0 Å². The van der Waals surface area contributed by atoms with Gasteiger partial charge in [-0.2, -0.15) is 0 Å². The summed E-state index contributed by atoms with van der Waals surface area (Å²) in [6.07, 6.45) is 1.84. The maximum atomic E-state index is 12.5. The van der Waals surface area contributed by atoms with Crippen molar-refractivity contribution in [2.75, 3.05) is 6.54 Å². The molecule has 0 amide bonds. The summed E-state index contributed by atoms with van der Waals surface area (Å²) in [6.45, 7) is 2.77. The lowest BCUT2D eigenvalue weighted by molar-refractivity contribution is 0.626. The minimum atomic E-state index is -0.180. The Balaban J connectivity index is 2.49. The van der Waals surface area contributed by atoms with E-state index in [1.54, 1.807) is 0 Å². The molecule has 0 aromatic heterocycles. The molecule has 71 valence electrons. The molecule has 1 radical (unpaired) electrons. The van der Waals surface area contributed by atoms with Crippen LogP contribution in [0.25, 0.3) is 0 Å². The summed E-state index contributed by atoms with van der Waals surface area (Å²) in [5.74, 6) is 1.16. The quantitative estimate of drug-likeness (QED) is 0.756. The summed E-state index contributed by atoms with van der Waals surface area (Å²) in [6, 6.07) is 6.61. The molecule has 13 heavy (non-hydrogen) atoms. The summed E-state index contributed by atoms with van der Waals surface area (Å²) in [5, 5.41) is 0. The Kier molecular flexibility index (Phi) is 3.90. The summed E-state index contributed by atoms with van der Waals surface area (Å²) in [4.78, 5) is 0. The minimum Gasteiger partial charge on any atom is -0.330 e. The average molecular weight is 180 g/mol. The molecule has 1 aromatic carbocycles. The van der Waals surface area contributed by atoms with Gasteiger partial charge in [-0.25, -0.2) is 4.39 Å². The van der Waals surface area contributed by atoms with E-state index >= 15 is 0 Å². The number of halogens is 1. The second kappa shape index (κ2) is 4.97. The van der Waals surface area contributed by atoms with Crippen LogP contribution in [0.3, 0.4) is 0 Å². The summed E-state index contributed by atoms with van der Waals surface area (Å²) < 4.78 is 12.5. The van der Waals surface area contributed by atoms with Gasteiger partial charge in [0.1, 0.15) is 5.82 Å². The van der Waals surface area contributed by atoms with Crippen LogP contribution in [0.5, 0.6) is 0 Å². The van der Waals surface area contributed by atoms with Gasteiger partial charge >= 0.3 is 0 Å². The van der Waals surface area contributed by atoms with Gasteiger partial charge in [0.05, 0.1) is 0 Å². The van der Waals surface area contributed by atoms with Crippen LogP contribution in [0.2, 0.25) is 0 Å². The first-order chi connectivity index (χ1) is 6.22. The van der Waals surface area contributed by atoms with Crippen molar-refractivity contribution in [3.05, 3.63) is 41.6 Å². The molecule has 1 aromatic rings. The van der Waals surface area contributed by atoms with Crippen LogP contribution in [-0.4, -0.2) is 6.54 Å². The van der Waals surface area contributed by atoms with Gasteiger partial charge in [0.2, 0.25) is 0 Å². The molecule has 1 nitrogen and oxygen atoms in total. The van der Waals surface area contributed by atoms with Crippen LogP contribution in [0.4, 0.5) is 4.39 Å². The molecule has 0 aliphatic carbocycles. The van der Waals surface area contributed by atoms with E-state index in [0.29, 0.717) is 6.54 Å². The van der Waals surface area contributed by atoms with Crippen LogP contribution in [0, 0.1) is 11.7 Å². The van der Waals surface area contributed by atoms with E-state index in [-0.39, 0.29) is 5.82 Å². The second-order valence-electron chi connectivity index (χ2n) is 3.30. The molecular formula is C11H15FN.